The number of phosphoric acid groups is 3. The van der Waals surface area contributed by atoms with Gasteiger partial charge in [0.2, 0.25) is 11.8 Å². The van der Waals surface area contributed by atoms with Gasteiger partial charge in [-0.25, -0.2) is 18.5 Å². The molecule has 34 heteroatoms. The van der Waals surface area contributed by atoms with Crippen molar-refractivity contribution in [1.82, 2.24) is 25.1 Å². The maximum atomic E-state index is 14.0. The van der Waals surface area contributed by atoms with Gasteiger partial charge in [0.1, 0.15) is 41.5 Å². The summed E-state index contributed by atoms with van der Waals surface area (Å²) < 4.78 is 59.8. The predicted octanol–water partition coefficient (Wildman–Crippen LogP) is 7.20. The van der Waals surface area contributed by atoms with Gasteiger partial charge in [0.25, 0.3) is 0 Å². The number of hydrogen-bond donors (Lipinski definition) is 10. The first-order valence-corrected chi connectivity index (χ1v) is 38.2. The first kappa shape index (κ1) is 78.8. The van der Waals surface area contributed by atoms with E-state index in [0.29, 0.717) is 44.0 Å². The monoisotopic (exact) mass is 1440 g/mol. The number of ketones is 2. The number of ether oxygens (including phenoxy) is 2. The third-order valence-electron chi connectivity index (χ3n) is 15.8. The lowest BCUT2D eigenvalue weighted by molar-refractivity contribution is -0.144. The van der Waals surface area contributed by atoms with Gasteiger partial charge >= 0.3 is 41.1 Å². The van der Waals surface area contributed by atoms with Crippen LogP contribution < -0.4 is 26.8 Å². The molecule has 2 aliphatic heterocycles. The van der Waals surface area contributed by atoms with Gasteiger partial charge in [0, 0.05) is 92.8 Å². The summed E-state index contributed by atoms with van der Waals surface area (Å²) in [6, 6.07) is 10.0. The predicted molar refractivity (Wildman–Crippen MR) is 357 cm³/mol. The summed E-state index contributed by atoms with van der Waals surface area (Å²) in [5, 5.41) is 35.2. The molecule has 1 aromatic heterocycles. The van der Waals surface area contributed by atoms with E-state index in [0.717, 1.165) is 56.9 Å². The molecule has 0 bridgehead atoms. The van der Waals surface area contributed by atoms with Crippen molar-refractivity contribution in [1.29, 1.82) is 0 Å². The third-order valence-corrected chi connectivity index (χ3v) is 22.1. The van der Waals surface area contributed by atoms with Gasteiger partial charge in [-0.3, -0.25) is 42.9 Å². The fourth-order valence-electron chi connectivity index (χ4n) is 11.1. The second-order valence-corrected chi connectivity index (χ2v) is 30.4. The molecule has 2 amide bonds. The maximum absolute atomic E-state index is 14.0. The lowest BCUT2D eigenvalue weighted by atomic mass is 9.73. The number of aliphatic imine (C=N–C) groups is 1. The van der Waals surface area contributed by atoms with Crippen LogP contribution in [0, 0.1) is 30.6 Å². The highest BCUT2D eigenvalue weighted by Crippen LogP contribution is 2.66. The van der Waals surface area contributed by atoms with Crippen molar-refractivity contribution in [2.24, 2.45) is 16.8 Å². The molecule has 2 aromatic carbocycles. The Kier molecular flexibility index (Phi) is 30.1. The van der Waals surface area contributed by atoms with Crippen molar-refractivity contribution in [2.45, 2.75) is 161 Å². The Bertz CT molecular complexity index is 3700. The molecule has 0 radical (unpaired) electrons. The van der Waals surface area contributed by atoms with E-state index < -0.39 is 115 Å². The number of carbonyl (C=O) groups excluding carboxylic acids is 4. The lowest BCUT2D eigenvalue weighted by Gasteiger charge is -2.38. The van der Waals surface area contributed by atoms with Crippen molar-refractivity contribution < 1.29 is 100.0 Å². The van der Waals surface area contributed by atoms with Crippen LogP contribution in [0.15, 0.2) is 75.9 Å². The first-order valence-electron chi connectivity index (χ1n) is 31.2. The van der Waals surface area contributed by atoms with Gasteiger partial charge in [-0.1, -0.05) is 90.1 Å². The molecule has 96 heavy (non-hydrogen) atoms. The van der Waals surface area contributed by atoms with Gasteiger partial charge in [-0.15, -0.1) is 0 Å². The second kappa shape index (κ2) is 36.6. The van der Waals surface area contributed by atoms with Crippen molar-refractivity contribution in [3.05, 3.63) is 110 Å². The minimum atomic E-state index is -5.81. The topological polar surface area (TPSA) is 442 Å². The van der Waals surface area contributed by atoms with Crippen LogP contribution in [0.3, 0.4) is 0 Å². The fraction of sp³-hybridized carbons (Fsp3) is 0.532. The number of carbonyl (C=O) groups is 6. The van der Waals surface area contributed by atoms with E-state index in [-0.39, 0.29) is 73.9 Å². The van der Waals surface area contributed by atoms with E-state index in [1.165, 1.54) is 38.9 Å². The Morgan fingerprint density at radius 2 is 1.65 bits per heavy atom. The number of aliphatic hydroxyl groups excluding tert-OH is 1. The Morgan fingerprint density at radius 3 is 2.33 bits per heavy atom. The quantitative estimate of drug-likeness (QED) is 0.0117. The molecule has 29 nitrogen and oxygen atoms in total. The number of Topliss-reactive ketones (excluding diaryl/α,β-unsaturated/α-hetero) is 2. The molecule has 1 aliphatic carbocycles. The van der Waals surface area contributed by atoms with Crippen LogP contribution >= 0.6 is 45.1 Å². The first-order chi connectivity index (χ1) is 45.3. The molecule has 3 aromatic rings. The SMILES string of the molecule is CCCc1cc2c(cc1C)C(c1ccccc1CN(C)CCCC(=O)NC(CCCSSCCC(=O)CCC#Cc1cn([C@H]3CC(O)[C@@H](COP(=O)(O)OP(=O)(O)OP(=O)(O)O)O3)c(=O)nc1N)C(=O)NC(CC(=O)O)C(=O)CC(CC)C(=O)O)C1C=C(C)C(=NCC)C=C1O2. The number of rotatable bonds is 38. The zero-order chi connectivity index (χ0) is 70.7. The number of benzene rings is 2. The van der Waals surface area contributed by atoms with Gasteiger partial charge in [0.15, 0.2) is 5.78 Å². The molecule has 11 N–H and O–H groups in total. The molecule has 3 heterocycles. The van der Waals surface area contributed by atoms with Crippen LogP contribution in [-0.4, -0.2) is 153 Å². The molecule has 10 atom stereocenters. The number of aliphatic hydroxyl groups is 1. The normalized spacial score (nSPS) is 20.2. The number of fused-ring (bicyclic) bond motifs is 2. The smallest absolute Gasteiger partial charge is 0.481 e. The Balaban J connectivity index is 1.02. The highest BCUT2D eigenvalue weighted by Gasteiger charge is 2.44. The average Bonchev–Trinajstić information content (AvgIpc) is 0.863. The molecule has 0 spiro atoms. The zero-order valence-corrected chi connectivity index (χ0v) is 58.3. The number of nitrogens with one attached hydrogen (secondary N) is 2. The summed E-state index contributed by atoms with van der Waals surface area (Å²) in [4.78, 5) is 138. The van der Waals surface area contributed by atoms with Crippen molar-refractivity contribution in [3.8, 4) is 17.6 Å². The summed E-state index contributed by atoms with van der Waals surface area (Å²) in [7, 11) is -12.2. The van der Waals surface area contributed by atoms with E-state index in [1.807, 2.05) is 26.1 Å². The summed E-state index contributed by atoms with van der Waals surface area (Å²) in [5.41, 5.74) is 12.9. The lowest BCUT2D eigenvalue weighted by Crippen LogP contribution is -2.52. The van der Waals surface area contributed by atoms with Crippen LogP contribution in [0.25, 0.3) is 0 Å². The van der Waals surface area contributed by atoms with Crippen LogP contribution in [0.5, 0.6) is 5.75 Å². The molecule has 0 saturated carbocycles. The Labute approximate surface area is 563 Å². The molecule has 8 unspecified atom stereocenters. The number of nitrogen functional groups attached to an aromatic ring is 1. The maximum Gasteiger partial charge on any atom is 0.490 e. The Hall–Kier alpha value is -6.16. The summed E-state index contributed by atoms with van der Waals surface area (Å²) in [6.45, 7) is 10.7. The van der Waals surface area contributed by atoms with Crippen LogP contribution in [0.1, 0.15) is 150 Å². The van der Waals surface area contributed by atoms with E-state index in [1.54, 1.807) is 6.92 Å². The van der Waals surface area contributed by atoms with Crippen molar-refractivity contribution >= 4 is 91.9 Å². The molecular formula is C62H84N7O22P3S2. The third kappa shape index (κ3) is 24.1. The molecule has 1 saturated heterocycles. The number of nitrogens with two attached hydrogens (primary N) is 1. The largest absolute Gasteiger partial charge is 0.490 e. The number of hydrogen-bond acceptors (Lipinski definition) is 22. The number of allylic oxidation sites excluding steroid dienone is 3. The van der Waals surface area contributed by atoms with Crippen molar-refractivity contribution in [2.75, 3.05) is 44.0 Å². The number of nitrogens with zero attached hydrogens (tertiary/aromatic N) is 4. The van der Waals surface area contributed by atoms with Crippen LogP contribution in [0.4, 0.5) is 5.82 Å². The number of amides is 2. The summed E-state index contributed by atoms with van der Waals surface area (Å²) >= 11 is 0. The van der Waals surface area contributed by atoms with Crippen molar-refractivity contribution in [3.63, 3.8) is 0 Å². The number of aromatic nitrogens is 2. The second-order valence-electron chi connectivity index (χ2n) is 23.3. The number of carboxylic acids is 2. The Morgan fingerprint density at radius 1 is 0.917 bits per heavy atom. The highest BCUT2D eigenvalue weighted by molar-refractivity contribution is 8.76. The number of anilines is 1. The molecule has 1 fully saturated rings. The summed E-state index contributed by atoms with van der Waals surface area (Å²) in [6.07, 6.45) is 2.90. The fourth-order valence-corrected chi connectivity index (χ4v) is 16.2. The van der Waals surface area contributed by atoms with Gasteiger partial charge in [-0.05, 0) is 100 Å². The molecule has 6 rings (SSSR count). The molecule has 526 valence electrons. The molecular weight excluding hydrogens is 1350 g/mol. The van der Waals surface area contributed by atoms with E-state index in [4.69, 9.17) is 30.0 Å². The van der Waals surface area contributed by atoms with E-state index in [2.05, 4.69) is 103 Å². The number of phosphoric ester groups is 1. The van der Waals surface area contributed by atoms with Gasteiger partial charge in [0.05, 0.1) is 42.4 Å². The standard InChI is InChI=1S/C62H84N7O22P3S2/c1-7-16-40-30-52-45(27-37(40)4)58(46-28-38(5)48(64-9-3)31-53(46)88-52)44-20-13-11-17-41(44)34-68(6)24-14-22-55(73)65-47(60(76)66-49(32-57(74)75)50(71)29-39(8-2)61(77)78)21-15-25-95-96-26-23-43(70)19-12-10-18-42-35-69(62(79)67-59(42)63)56-33-51(72)54(89-56)36-87-93(83,84)91-94(85,86)90-92(80,81)82/h11,13,17,20,27-28,30-31,35,39,46-47,49,51,54,56,58,72H,7-9,12,14-16,19,21-26,29,32-34,36H2,1-6H3,(H,65,73)(H,66,76)(H,74,75)(H,77,78)(H,83,84)(H,85,86)(H2,63,67,79)(H2,80,81,82)/t39?,46?,47?,49?,51?,54-,56-,58?/m1/s1. The van der Waals surface area contributed by atoms with E-state index >= 15 is 0 Å². The van der Waals surface area contributed by atoms with Crippen LogP contribution in [0.2, 0.25) is 0 Å². The highest BCUT2D eigenvalue weighted by atomic mass is 33.1. The average molecular weight is 1440 g/mol. The zero-order valence-electron chi connectivity index (χ0n) is 54.0. The minimum Gasteiger partial charge on any atom is -0.481 e. The number of carboxylic acid groups (broad SMARTS) is 2. The van der Waals surface area contributed by atoms with Gasteiger partial charge < -0.3 is 65.6 Å². The van der Waals surface area contributed by atoms with Crippen LogP contribution in [-0.2, 0) is 73.3 Å². The minimum absolute atomic E-state index is 0.0243. The number of aliphatic carboxylic acids is 2. The van der Waals surface area contributed by atoms with E-state index in [9.17, 15) is 72.4 Å². The number of aryl methyl sites for hydroxylation is 2. The summed E-state index contributed by atoms with van der Waals surface area (Å²) in [5.74, 6) is 1.77. The van der Waals surface area contributed by atoms with Gasteiger partial charge in [-0.2, -0.15) is 13.6 Å². The molecule has 3 aliphatic rings.